The zero-order chi connectivity index (χ0) is 12.8. The highest BCUT2D eigenvalue weighted by atomic mass is 35.5. The van der Waals surface area contributed by atoms with E-state index >= 15 is 0 Å². The second-order valence-corrected chi connectivity index (χ2v) is 3.91. The van der Waals surface area contributed by atoms with Crippen LogP contribution in [0.1, 0.15) is 23.7 Å². The van der Waals surface area contributed by atoms with E-state index in [2.05, 4.69) is 10.2 Å². The van der Waals surface area contributed by atoms with Crippen LogP contribution in [0.25, 0.3) is 0 Å². The molecule has 0 bridgehead atoms. The SMILES string of the molecule is CCN(CCC#N)C(=O)c1cc(Cl)nnc1Cl. The van der Waals surface area contributed by atoms with Crippen molar-refractivity contribution in [2.75, 3.05) is 13.1 Å². The molecule has 17 heavy (non-hydrogen) atoms. The number of carbonyl (C=O) groups excluding carboxylic acids is 1. The summed E-state index contributed by atoms with van der Waals surface area (Å²) in [6, 6.07) is 3.35. The monoisotopic (exact) mass is 272 g/mol. The average Bonchev–Trinajstić information content (AvgIpc) is 2.33. The number of halogens is 2. The fourth-order valence-electron chi connectivity index (χ4n) is 1.26. The Morgan fingerprint density at radius 3 is 2.82 bits per heavy atom. The standard InChI is InChI=1S/C10H10Cl2N4O/c1-2-16(5-3-4-13)10(17)7-6-8(11)14-15-9(7)12/h6H,2-3,5H2,1H3. The van der Waals surface area contributed by atoms with Gasteiger partial charge in [-0.2, -0.15) is 5.26 Å². The van der Waals surface area contributed by atoms with Crippen molar-refractivity contribution in [3.63, 3.8) is 0 Å². The Bertz CT molecular complexity index is 458. The molecule has 1 heterocycles. The number of nitrogens with zero attached hydrogens (tertiary/aromatic N) is 4. The molecule has 1 aromatic heterocycles. The van der Waals surface area contributed by atoms with Gasteiger partial charge in [0.15, 0.2) is 10.3 Å². The summed E-state index contributed by atoms with van der Waals surface area (Å²) in [5.41, 5.74) is 0.200. The zero-order valence-electron chi connectivity index (χ0n) is 9.15. The van der Waals surface area contributed by atoms with Gasteiger partial charge in [0.2, 0.25) is 0 Å². The lowest BCUT2D eigenvalue weighted by Crippen LogP contribution is -2.32. The van der Waals surface area contributed by atoms with E-state index in [4.69, 9.17) is 28.5 Å². The van der Waals surface area contributed by atoms with E-state index in [0.29, 0.717) is 13.1 Å². The van der Waals surface area contributed by atoms with Crippen LogP contribution >= 0.6 is 23.2 Å². The first-order valence-electron chi connectivity index (χ1n) is 4.95. The van der Waals surface area contributed by atoms with Crippen molar-refractivity contribution < 1.29 is 4.79 Å². The molecule has 0 saturated heterocycles. The molecule has 0 unspecified atom stereocenters. The van der Waals surface area contributed by atoms with Crippen LogP contribution in [0.3, 0.4) is 0 Å². The maximum Gasteiger partial charge on any atom is 0.257 e. The topological polar surface area (TPSA) is 69.9 Å². The number of hydrogen-bond donors (Lipinski definition) is 0. The lowest BCUT2D eigenvalue weighted by Gasteiger charge is -2.19. The maximum atomic E-state index is 12.1. The first-order valence-corrected chi connectivity index (χ1v) is 5.70. The largest absolute Gasteiger partial charge is 0.338 e. The van der Waals surface area contributed by atoms with Crippen molar-refractivity contribution >= 4 is 29.1 Å². The molecule has 0 atom stereocenters. The Morgan fingerprint density at radius 2 is 2.24 bits per heavy atom. The maximum absolute atomic E-state index is 12.1. The first kappa shape index (κ1) is 13.7. The molecule has 7 heteroatoms. The molecule has 0 aromatic carbocycles. The molecule has 1 aromatic rings. The fourth-order valence-corrected chi connectivity index (χ4v) is 1.58. The lowest BCUT2D eigenvalue weighted by molar-refractivity contribution is 0.0767. The van der Waals surface area contributed by atoms with Gasteiger partial charge in [0.05, 0.1) is 18.1 Å². The molecule has 0 saturated carbocycles. The van der Waals surface area contributed by atoms with Crippen LogP contribution in [0.15, 0.2) is 6.07 Å². The second-order valence-electron chi connectivity index (χ2n) is 3.16. The molecule has 1 amide bonds. The van der Waals surface area contributed by atoms with E-state index in [9.17, 15) is 4.79 Å². The lowest BCUT2D eigenvalue weighted by atomic mass is 10.2. The molecule has 1 rings (SSSR count). The average molecular weight is 273 g/mol. The first-order chi connectivity index (χ1) is 8.10. The number of amides is 1. The molecular formula is C10H10Cl2N4O. The van der Waals surface area contributed by atoms with Gasteiger partial charge in [-0.1, -0.05) is 23.2 Å². The van der Waals surface area contributed by atoms with Gasteiger partial charge in [0.1, 0.15) is 0 Å². The molecule has 0 fully saturated rings. The molecule has 0 N–H and O–H groups in total. The summed E-state index contributed by atoms with van der Waals surface area (Å²) in [7, 11) is 0. The molecule has 0 aliphatic heterocycles. The van der Waals surface area contributed by atoms with Crippen molar-refractivity contribution in [1.82, 2.24) is 15.1 Å². The van der Waals surface area contributed by atoms with Crippen LogP contribution in [-0.4, -0.2) is 34.1 Å². The summed E-state index contributed by atoms with van der Waals surface area (Å²) in [6.45, 7) is 2.65. The van der Waals surface area contributed by atoms with Gasteiger partial charge in [0, 0.05) is 13.1 Å². The van der Waals surface area contributed by atoms with Gasteiger partial charge in [-0.05, 0) is 13.0 Å². The van der Waals surface area contributed by atoms with Crippen LogP contribution in [0, 0.1) is 11.3 Å². The molecule has 0 aliphatic rings. The Hall–Kier alpha value is -1.38. The van der Waals surface area contributed by atoms with E-state index in [1.807, 2.05) is 13.0 Å². The van der Waals surface area contributed by atoms with E-state index in [-0.39, 0.29) is 28.2 Å². The molecule has 5 nitrogen and oxygen atoms in total. The third-order valence-electron chi connectivity index (χ3n) is 2.11. The van der Waals surface area contributed by atoms with Gasteiger partial charge >= 0.3 is 0 Å². The number of carbonyl (C=O) groups is 1. The Balaban J connectivity index is 2.94. The summed E-state index contributed by atoms with van der Waals surface area (Å²) >= 11 is 11.4. The minimum Gasteiger partial charge on any atom is -0.338 e. The minimum atomic E-state index is -0.301. The van der Waals surface area contributed by atoms with Crippen molar-refractivity contribution in [3.8, 4) is 6.07 Å². The summed E-state index contributed by atoms with van der Waals surface area (Å²) < 4.78 is 0. The summed E-state index contributed by atoms with van der Waals surface area (Å²) in [5, 5.41) is 15.7. The van der Waals surface area contributed by atoms with Crippen LogP contribution in [-0.2, 0) is 0 Å². The van der Waals surface area contributed by atoms with Gasteiger partial charge in [-0.15, -0.1) is 10.2 Å². The second kappa shape index (κ2) is 6.38. The summed E-state index contributed by atoms with van der Waals surface area (Å²) in [5.74, 6) is -0.301. The van der Waals surface area contributed by atoms with Crippen LogP contribution in [0.2, 0.25) is 10.3 Å². The van der Waals surface area contributed by atoms with Crippen LogP contribution in [0.4, 0.5) is 0 Å². The van der Waals surface area contributed by atoms with E-state index in [1.165, 1.54) is 11.0 Å². The van der Waals surface area contributed by atoms with Crippen molar-refractivity contribution in [1.29, 1.82) is 5.26 Å². The summed E-state index contributed by atoms with van der Waals surface area (Å²) in [6.07, 6.45) is 0.267. The molecular weight excluding hydrogens is 263 g/mol. The number of nitriles is 1. The predicted molar refractivity (Wildman–Crippen MR) is 63.9 cm³/mol. The zero-order valence-corrected chi connectivity index (χ0v) is 10.7. The third-order valence-corrected chi connectivity index (χ3v) is 2.58. The van der Waals surface area contributed by atoms with E-state index < -0.39 is 0 Å². The van der Waals surface area contributed by atoms with Crippen LogP contribution < -0.4 is 0 Å². The van der Waals surface area contributed by atoms with Crippen molar-refractivity contribution in [3.05, 3.63) is 21.9 Å². The molecule has 0 spiro atoms. The highest BCUT2D eigenvalue weighted by Crippen LogP contribution is 2.17. The quantitative estimate of drug-likeness (QED) is 0.842. The Labute approximate surface area is 109 Å². The highest BCUT2D eigenvalue weighted by Gasteiger charge is 2.18. The van der Waals surface area contributed by atoms with Gasteiger partial charge in [-0.25, -0.2) is 0 Å². The number of hydrogen-bond acceptors (Lipinski definition) is 4. The Kier molecular flexibility index (Phi) is 5.13. The van der Waals surface area contributed by atoms with Crippen molar-refractivity contribution in [2.24, 2.45) is 0 Å². The van der Waals surface area contributed by atoms with E-state index in [1.54, 1.807) is 0 Å². The van der Waals surface area contributed by atoms with E-state index in [0.717, 1.165) is 0 Å². The molecule has 90 valence electrons. The summed E-state index contributed by atoms with van der Waals surface area (Å²) in [4.78, 5) is 13.6. The van der Waals surface area contributed by atoms with Gasteiger partial charge in [-0.3, -0.25) is 4.79 Å². The van der Waals surface area contributed by atoms with Gasteiger partial charge < -0.3 is 4.90 Å². The number of aromatic nitrogens is 2. The third kappa shape index (κ3) is 3.55. The van der Waals surface area contributed by atoms with Crippen LogP contribution in [0.5, 0.6) is 0 Å². The Morgan fingerprint density at radius 1 is 1.53 bits per heavy atom. The number of rotatable bonds is 4. The minimum absolute atomic E-state index is 0.00908. The predicted octanol–water partition coefficient (Wildman–Crippen LogP) is 2.16. The fraction of sp³-hybridized carbons (Fsp3) is 0.400. The van der Waals surface area contributed by atoms with Crippen molar-refractivity contribution in [2.45, 2.75) is 13.3 Å². The normalized spacial score (nSPS) is 9.76. The van der Waals surface area contributed by atoms with Gasteiger partial charge in [0.25, 0.3) is 5.91 Å². The molecule has 0 radical (unpaired) electrons. The molecule has 0 aliphatic carbocycles. The smallest absolute Gasteiger partial charge is 0.257 e. The highest BCUT2D eigenvalue weighted by molar-refractivity contribution is 6.34.